The van der Waals surface area contributed by atoms with Crippen molar-refractivity contribution in [2.45, 2.75) is 0 Å². The summed E-state index contributed by atoms with van der Waals surface area (Å²) in [6.07, 6.45) is 0. The van der Waals surface area contributed by atoms with Crippen LogP contribution < -0.4 is 11.1 Å². The zero-order valence-electron chi connectivity index (χ0n) is 9.60. The van der Waals surface area contributed by atoms with Gasteiger partial charge in [-0.3, -0.25) is 14.9 Å². The van der Waals surface area contributed by atoms with E-state index in [-0.39, 0.29) is 28.5 Å². The SMILES string of the molecule is COCCNC(=O)c1cc([N+](=O)[O-])cc(Cl)c1N. The maximum atomic E-state index is 11.7. The molecular weight excluding hydrogens is 262 g/mol. The van der Waals surface area contributed by atoms with Crippen molar-refractivity contribution in [3.05, 3.63) is 32.8 Å². The molecule has 0 aliphatic heterocycles. The van der Waals surface area contributed by atoms with E-state index in [9.17, 15) is 14.9 Å². The second kappa shape index (κ2) is 6.18. The van der Waals surface area contributed by atoms with E-state index in [1.165, 1.54) is 7.11 Å². The quantitative estimate of drug-likeness (QED) is 0.363. The van der Waals surface area contributed by atoms with Gasteiger partial charge in [-0.05, 0) is 0 Å². The minimum absolute atomic E-state index is 0.0113. The molecule has 8 heteroatoms. The summed E-state index contributed by atoms with van der Waals surface area (Å²) in [6.45, 7) is 0.601. The zero-order valence-corrected chi connectivity index (χ0v) is 10.4. The Kier molecular flexibility index (Phi) is 4.87. The van der Waals surface area contributed by atoms with Crippen molar-refractivity contribution in [2.24, 2.45) is 0 Å². The molecule has 0 heterocycles. The second-order valence-corrected chi connectivity index (χ2v) is 3.80. The third kappa shape index (κ3) is 3.31. The van der Waals surface area contributed by atoms with Crippen molar-refractivity contribution >= 4 is 28.9 Å². The number of halogens is 1. The molecular formula is C10H12ClN3O4. The topological polar surface area (TPSA) is 107 Å². The highest BCUT2D eigenvalue weighted by Crippen LogP contribution is 2.28. The molecule has 0 radical (unpaired) electrons. The number of non-ortho nitro benzene ring substituents is 1. The van der Waals surface area contributed by atoms with E-state index in [0.717, 1.165) is 12.1 Å². The minimum atomic E-state index is -0.642. The Bertz CT molecular complexity index is 478. The van der Waals surface area contributed by atoms with Crippen LogP contribution >= 0.6 is 11.6 Å². The van der Waals surface area contributed by atoms with Crippen LogP contribution in [0, 0.1) is 10.1 Å². The van der Waals surface area contributed by atoms with Gasteiger partial charge in [-0.15, -0.1) is 0 Å². The normalized spacial score (nSPS) is 10.1. The van der Waals surface area contributed by atoms with E-state index in [0.29, 0.717) is 6.61 Å². The number of nitro groups is 1. The first-order valence-corrected chi connectivity index (χ1v) is 5.35. The molecule has 1 aromatic carbocycles. The Morgan fingerprint density at radius 2 is 2.28 bits per heavy atom. The van der Waals surface area contributed by atoms with Gasteiger partial charge < -0.3 is 15.8 Å². The molecule has 0 bridgehead atoms. The van der Waals surface area contributed by atoms with Gasteiger partial charge in [0.2, 0.25) is 0 Å². The number of nitrogen functional groups attached to an aromatic ring is 1. The number of ether oxygens (including phenoxy) is 1. The van der Waals surface area contributed by atoms with Crippen LogP contribution in [0.4, 0.5) is 11.4 Å². The number of anilines is 1. The number of carbonyl (C=O) groups is 1. The predicted molar refractivity (Wildman–Crippen MR) is 66.7 cm³/mol. The summed E-state index contributed by atoms with van der Waals surface area (Å²) in [5.74, 6) is -0.532. The highest BCUT2D eigenvalue weighted by Gasteiger charge is 2.18. The molecule has 3 N–H and O–H groups in total. The van der Waals surface area contributed by atoms with E-state index < -0.39 is 10.8 Å². The number of nitrogens with one attached hydrogen (secondary N) is 1. The van der Waals surface area contributed by atoms with Crippen LogP contribution in [0.15, 0.2) is 12.1 Å². The number of amides is 1. The van der Waals surface area contributed by atoms with Gasteiger partial charge in [0.15, 0.2) is 0 Å². The fourth-order valence-electron chi connectivity index (χ4n) is 1.26. The molecule has 1 aromatic rings. The fraction of sp³-hybridized carbons (Fsp3) is 0.300. The first kappa shape index (κ1) is 14.2. The van der Waals surface area contributed by atoms with Crippen LogP contribution in [-0.4, -0.2) is 31.1 Å². The smallest absolute Gasteiger partial charge is 0.271 e. The summed E-state index contributed by atoms with van der Waals surface area (Å²) < 4.78 is 4.76. The second-order valence-electron chi connectivity index (χ2n) is 3.39. The molecule has 18 heavy (non-hydrogen) atoms. The Morgan fingerprint density at radius 1 is 1.61 bits per heavy atom. The molecule has 0 saturated heterocycles. The molecule has 0 fully saturated rings. The standard InChI is InChI=1S/C10H12ClN3O4/c1-18-3-2-13-10(15)7-4-6(14(16)17)5-8(11)9(7)12/h4-5H,2-3,12H2,1H3,(H,13,15). The van der Waals surface area contributed by atoms with E-state index in [1.807, 2.05) is 0 Å². The Balaban J connectivity index is 2.99. The molecule has 0 atom stereocenters. The van der Waals surface area contributed by atoms with Crippen molar-refractivity contribution in [2.75, 3.05) is 26.0 Å². The fourth-order valence-corrected chi connectivity index (χ4v) is 1.47. The Hall–Kier alpha value is -1.86. The van der Waals surface area contributed by atoms with E-state index in [4.69, 9.17) is 22.1 Å². The van der Waals surface area contributed by atoms with Gasteiger partial charge in [0.05, 0.1) is 27.8 Å². The number of hydrogen-bond donors (Lipinski definition) is 2. The lowest BCUT2D eigenvalue weighted by Gasteiger charge is -2.08. The van der Waals surface area contributed by atoms with E-state index >= 15 is 0 Å². The van der Waals surface area contributed by atoms with E-state index in [1.54, 1.807) is 0 Å². The van der Waals surface area contributed by atoms with Crippen molar-refractivity contribution in [1.82, 2.24) is 5.32 Å². The summed E-state index contributed by atoms with van der Waals surface area (Å²) >= 11 is 5.73. The first-order chi connectivity index (χ1) is 8.47. The van der Waals surface area contributed by atoms with Crippen molar-refractivity contribution in [3.8, 4) is 0 Å². The molecule has 0 spiro atoms. The first-order valence-electron chi connectivity index (χ1n) is 4.98. The molecule has 0 aromatic heterocycles. The summed E-state index contributed by atoms with van der Waals surface area (Å²) in [7, 11) is 1.49. The summed E-state index contributed by atoms with van der Waals surface area (Å²) in [6, 6.07) is 2.19. The van der Waals surface area contributed by atoms with E-state index in [2.05, 4.69) is 5.32 Å². The van der Waals surface area contributed by atoms with Gasteiger partial charge in [-0.2, -0.15) is 0 Å². The van der Waals surface area contributed by atoms with Crippen molar-refractivity contribution in [3.63, 3.8) is 0 Å². The third-order valence-electron chi connectivity index (χ3n) is 2.16. The average molecular weight is 274 g/mol. The van der Waals surface area contributed by atoms with Gasteiger partial charge in [0, 0.05) is 25.8 Å². The highest BCUT2D eigenvalue weighted by molar-refractivity contribution is 6.34. The van der Waals surface area contributed by atoms with Gasteiger partial charge in [0.1, 0.15) is 0 Å². The number of hydrogen-bond acceptors (Lipinski definition) is 5. The number of carbonyl (C=O) groups excluding carboxylic acids is 1. The summed E-state index contributed by atoms with van der Waals surface area (Å²) in [5, 5.41) is 13.1. The lowest BCUT2D eigenvalue weighted by atomic mass is 10.1. The molecule has 1 rings (SSSR count). The Morgan fingerprint density at radius 3 is 2.83 bits per heavy atom. The number of nitrogens with two attached hydrogens (primary N) is 1. The van der Waals surface area contributed by atoms with Crippen LogP contribution in [0.25, 0.3) is 0 Å². The van der Waals surface area contributed by atoms with Crippen molar-refractivity contribution < 1.29 is 14.5 Å². The number of nitro benzene ring substituents is 1. The van der Waals surface area contributed by atoms with Crippen LogP contribution in [-0.2, 0) is 4.74 Å². The predicted octanol–water partition coefficient (Wildman–Crippen LogP) is 1.21. The van der Waals surface area contributed by atoms with Crippen LogP contribution in [0.3, 0.4) is 0 Å². The van der Waals surface area contributed by atoms with Gasteiger partial charge in [-0.1, -0.05) is 11.6 Å². The number of nitrogens with zero attached hydrogens (tertiary/aromatic N) is 1. The van der Waals surface area contributed by atoms with Gasteiger partial charge in [-0.25, -0.2) is 0 Å². The molecule has 0 unspecified atom stereocenters. The average Bonchev–Trinajstić information content (AvgIpc) is 2.32. The maximum absolute atomic E-state index is 11.7. The molecule has 1 amide bonds. The maximum Gasteiger partial charge on any atom is 0.271 e. The molecule has 7 nitrogen and oxygen atoms in total. The largest absolute Gasteiger partial charge is 0.397 e. The van der Waals surface area contributed by atoms with Crippen LogP contribution in [0.1, 0.15) is 10.4 Å². The summed E-state index contributed by atoms with van der Waals surface area (Å²) in [5.41, 5.74) is 5.31. The van der Waals surface area contributed by atoms with Gasteiger partial charge in [0.25, 0.3) is 11.6 Å². The van der Waals surface area contributed by atoms with Crippen LogP contribution in [0.2, 0.25) is 5.02 Å². The Labute approximate surface area is 108 Å². The van der Waals surface area contributed by atoms with Crippen LogP contribution in [0.5, 0.6) is 0 Å². The molecule has 0 saturated carbocycles. The number of benzene rings is 1. The van der Waals surface area contributed by atoms with Gasteiger partial charge >= 0.3 is 0 Å². The monoisotopic (exact) mass is 273 g/mol. The lowest BCUT2D eigenvalue weighted by molar-refractivity contribution is -0.384. The highest BCUT2D eigenvalue weighted by atomic mass is 35.5. The minimum Gasteiger partial charge on any atom is -0.397 e. The lowest BCUT2D eigenvalue weighted by Crippen LogP contribution is -2.27. The number of methoxy groups -OCH3 is 1. The number of rotatable bonds is 5. The molecule has 0 aliphatic carbocycles. The molecule has 0 aliphatic rings. The zero-order chi connectivity index (χ0) is 13.7. The third-order valence-corrected chi connectivity index (χ3v) is 2.47. The van der Waals surface area contributed by atoms with Crippen molar-refractivity contribution in [1.29, 1.82) is 0 Å². The molecule has 98 valence electrons. The summed E-state index contributed by atoms with van der Waals surface area (Å²) in [4.78, 5) is 21.8.